The van der Waals surface area contributed by atoms with Crippen molar-refractivity contribution >= 4 is 21.9 Å². The average Bonchev–Trinajstić information content (AvgIpc) is 2.50. The molecule has 0 amide bonds. The number of nitrogens with one attached hydrogen (secondary N) is 2. The van der Waals surface area contributed by atoms with Crippen LogP contribution in [0.3, 0.4) is 0 Å². The Labute approximate surface area is 141 Å². The van der Waals surface area contributed by atoms with Gasteiger partial charge in [0.1, 0.15) is 0 Å². The van der Waals surface area contributed by atoms with Crippen molar-refractivity contribution in [1.82, 2.24) is 10.6 Å². The van der Waals surface area contributed by atoms with E-state index in [2.05, 4.69) is 52.3 Å². The summed E-state index contributed by atoms with van der Waals surface area (Å²) >= 11 is 3.50. The predicted molar refractivity (Wildman–Crippen MR) is 94.9 cm³/mol. The molecule has 0 aliphatic carbocycles. The third-order valence-electron chi connectivity index (χ3n) is 3.54. The summed E-state index contributed by atoms with van der Waals surface area (Å²) in [6.45, 7) is 7.14. The molecule has 2 N–H and O–H groups in total. The number of hydrogen-bond donors (Lipinski definition) is 2. The molecule has 22 heavy (non-hydrogen) atoms. The zero-order valence-corrected chi connectivity index (χ0v) is 15.7. The SMILES string of the molecule is CN=C(NCc1cc(Br)c(OC)c(OC)c1)NC(C)C(C)C. The van der Waals surface area contributed by atoms with Crippen molar-refractivity contribution in [3.8, 4) is 11.5 Å². The molecule has 1 unspecified atom stereocenters. The van der Waals surface area contributed by atoms with E-state index in [0.29, 0.717) is 30.0 Å². The maximum absolute atomic E-state index is 5.36. The molecule has 0 bridgehead atoms. The molecular weight excluding hydrogens is 346 g/mol. The van der Waals surface area contributed by atoms with Gasteiger partial charge < -0.3 is 20.1 Å². The van der Waals surface area contributed by atoms with E-state index in [1.165, 1.54) is 0 Å². The molecule has 0 radical (unpaired) electrons. The summed E-state index contributed by atoms with van der Waals surface area (Å²) < 4.78 is 11.5. The van der Waals surface area contributed by atoms with Crippen molar-refractivity contribution in [3.63, 3.8) is 0 Å². The van der Waals surface area contributed by atoms with E-state index in [9.17, 15) is 0 Å². The Balaban J connectivity index is 2.77. The quantitative estimate of drug-likeness (QED) is 0.595. The number of nitrogens with zero attached hydrogens (tertiary/aromatic N) is 1. The minimum atomic E-state index is 0.350. The van der Waals surface area contributed by atoms with Crippen LogP contribution in [0.5, 0.6) is 11.5 Å². The van der Waals surface area contributed by atoms with Crippen molar-refractivity contribution in [3.05, 3.63) is 22.2 Å². The molecule has 1 aromatic rings. The lowest BCUT2D eigenvalue weighted by Crippen LogP contribution is -2.43. The standard InChI is InChI=1S/C16H26BrN3O2/c1-10(2)11(3)20-16(18-4)19-9-12-7-13(17)15(22-6)14(8-12)21-5/h7-8,10-11H,9H2,1-6H3,(H2,18,19,20). The second-order valence-corrected chi connectivity index (χ2v) is 6.27. The number of aliphatic imine (C=N–C) groups is 1. The summed E-state index contributed by atoms with van der Waals surface area (Å²) in [5.74, 6) is 2.72. The van der Waals surface area contributed by atoms with Gasteiger partial charge in [0, 0.05) is 19.6 Å². The molecule has 1 atom stereocenters. The molecule has 0 aliphatic rings. The summed E-state index contributed by atoms with van der Waals surface area (Å²) in [7, 11) is 5.03. The molecule has 1 rings (SSSR count). The van der Waals surface area contributed by atoms with Crippen LogP contribution in [0.1, 0.15) is 26.3 Å². The fourth-order valence-electron chi connectivity index (χ4n) is 1.84. The van der Waals surface area contributed by atoms with Crippen molar-refractivity contribution in [2.24, 2.45) is 10.9 Å². The van der Waals surface area contributed by atoms with Crippen LogP contribution in [0.15, 0.2) is 21.6 Å². The Bertz CT molecular complexity index is 518. The molecule has 0 saturated heterocycles. The minimum absolute atomic E-state index is 0.350. The third-order valence-corrected chi connectivity index (χ3v) is 4.13. The highest BCUT2D eigenvalue weighted by Gasteiger charge is 2.12. The lowest BCUT2D eigenvalue weighted by Gasteiger charge is -2.21. The van der Waals surface area contributed by atoms with Crippen LogP contribution in [0.4, 0.5) is 0 Å². The van der Waals surface area contributed by atoms with Gasteiger partial charge in [-0.2, -0.15) is 0 Å². The van der Waals surface area contributed by atoms with Gasteiger partial charge in [0.2, 0.25) is 0 Å². The van der Waals surface area contributed by atoms with Gasteiger partial charge in [-0.25, -0.2) is 0 Å². The largest absolute Gasteiger partial charge is 0.493 e. The number of benzene rings is 1. The number of rotatable bonds is 6. The Hall–Kier alpha value is -1.43. The van der Waals surface area contributed by atoms with E-state index < -0.39 is 0 Å². The maximum atomic E-state index is 5.36. The zero-order chi connectivity index (χ0) is 16.7. The highest BCUT2D eigenvalue weighted by atomic mass is 79.9. The van der Waals surface area contributed by atoms with Crippen LogP contribution < -0.4 is 20.1 Å². The second-order valence-electron chi connectivity index (χ2n) is 5.42. The smallest absolute Gasteiger partial charge is 0.191 e. The van der Waals surface area contributed by atoms with E-state index >= 15 is 0 Å². The highest BCUT2D eigenvalue weighted by Crippen LogP contribution is 2.36. The maximum Gasteiger partial charge on any atom is 0.191 e. The molecule has 1 aromatic carbocycles. The van der Waals surface area contributed by atoms with Crippen LogP contribution in [0.2, 0.25) is 0 Å². The lowest BCUT2D eigenvalue weighted by molar-refractivity contribution is 0.352. The first-order chi connectivity index (χ1) is 10.4. The van der Waals surface area contributed by atoms with Crippen LogP contribution in [0.25, 0.3) is 0 Å². The van der Waals surface area contributed by atoms with Crippen LogP contribution in [-0.2, 0) is 6.54 Å². The summed E-state index contributed by atoms with van der Waals surface area (Å²) in [5.41, 5.74) is 1.07. The van der Waals surface area contributed by atoms with E-state index in [0.717, 1.165) is 16.0 Å². The predicted octanol–water partition coefficient (Wildman–Crippen LogP) is 3.18. The lowest BCUT2D eigenvalue weighted by atomic mass is 10.1. The summed E-state index contributed by atoms with van der Waals surface area (Å²) in [6, 6.07) is 4.31. The summed E-state index contributed by atoms with van der Waals surface area (Å²) in [6.07, 6.45) is 0. The second kappa shape index (κ2) is 8.88. The van der Waals surface area contributed by atoms with Gasteiger partial charge in [0.15, 0.2) is 17.5 Å². The fraction of sp³-hybridized carbons (Fsp3) is 0.562. The number of guanidine groups is 1. The Morgan fingerprint density at radius 1 is 1.23 bits per heavy atom. The molecule has 0 heterocycles. The number of ether oxygens (including phenoxy) is 2. The van der Waals surface area contributed by atoms with Gasteiger partial charge in [-0.05, 0) is 46.5 Å². The molecule has 124 valence electrons. The first-order valence-electron chi connectivity index (χ1n) is 7.30. The topological polar surface area (TPSA) is 54.9 Å². The van der Waals surface area contributed by atoms with Gasteiger partial charge in [-0.1, -0.05) is 13.8 Å². The summed E-state index contributed by atoms with van der Waals surface area (Å²) in [5, 5.41) is 6.68. The average molecular weight is 372 g/mol. The van der Waals surface area contributed by atoms with Crippen molar-refractivity contribution < 1.29 is 9.47 Å². The van der Waals surface area contributed by atoms with Crippen molar-refractivity contribution in [1.29, 1.82) is 0 Å². The molecule has 6 heteroatoms. The van der Waals surface area contributed by atoms with Gasteiger partial charge >= 0.3 is 0 Å². The molecule has 0 aliphatic heterocycles. The Kier molecular flexibility index (Phi) is 7.51. The Morgan fingerprint density at radius 2 is 1.91 bits per heavy atom. The first-order valence-corrected chi connectivity index (χ1v) is 8.09. The van der Waals surface area contributed by atoms with Crippen LogP contribution >= 0.6 is 15.9 Å². The Morgan fingerprint density at radius 3 is 2.41 bits per heavy atom. The normalized spacial score (nSPS) is 13.0. The van der Waals surface area contributed by atoms with Crippen LogP contribution in [0, 0.1) is 5.92 Å². The van der Waals surface area contributed by atoms with E-state index in [-0.39, 0.29) is 0 Å². The molecular formula is C16H26BrN3O2. The fourth-order valence-corrected chi connectivity index (χ4v) is 2.49. The minimum Gasteiger partial charge on any atom is -0.493 e. The van der Waals surface area contributed by atoms with Gasteiger partial charge in [-0.15, -0.1) is 0 Å². The molecule has 0 saturated carbocycles. The number of hydrogen-bond acceptors (Lipinski definition) is 3. The zero-order valence-electron chi connectivity index (χ0n) is 14.2. The first kappa shape index (κ1) is 18.6. The van der Waals surface area contributed by atoms with Gasteiger partial charge in [0.25, 0.3) is 0 Å². The van der Waals surface area contributed by atoms with Gasteiger partial charge in [0.05, 0.1) is 18.7 Å². The van der Waals surface area contributed by atoms with Crippen molar-refractivity contribution in [2.45, 2.75) is 33.4 Å². The molecule has 0 spiro atoms. The summed E-state index contributed by atoms with van der Waals surface area (Å²) in [4.78, 5) is 4.25. The molecule has 5 nitrogen and oxygen atoms in total. The molecule has 0 fully saturated rings. The van der Waals surface area contributed by atoms with E-state index in [1.54, 1.807) is 21.3 Å². The number of methoxy groups -OCH3 is 2. The van der Waals surface area contributed by atoms with Crippen molar-refractivity contribution in [2.75, 3.05) is 21.3 Å². The van der Waals surface area contributed by atoms with Gasteiger partial charge in [-0.3, -0.25) is 4.99 Å². The van der Waals surface area contributed by atoms with E-state index in [1.807, 2.05) is 12.1 Å². The number of halogens is 1. The third kappa shape index (κ3) is 5.09. The van der Waals surface area contributed by atoms with Crippen LogP contribution in [-0.4, -0.2) is 33.3 Å². The molecule has 0 aromatic heterocycles. The monoisotopic (exact) mass is 371 g/mol. The van der Waals surface area contributed by atoms with E-state index in [4.69, 9.17) is 9.47 Å². The highest BCUT2D eigenvalue weighted by molar-refractivity contribution is 9.10.